The van der Waals surface area contributed by atoms with Gasteiger partial charge in [0.25, 0.3) is 0 Å². The lowest BCUT2D eigenvalue weighted by Gasteiger charge is -2.16. The number of pyridine rings is 1. The van der Waals surface area contributed by atoms with Crippen LogP contribution in [0.2, 0.25) is 10.3 Å². The second-order valence-electron chi connectivity index (χ2n) is 3.78. The summed E-state index contributed by atoms with van der Waals surface area (Å²) < 4.78 is 22.4. The van der Waals surface area contributed by atoms with E-state index in [0.717, 1.165) is 0 Å². The van der Waals surface area contributed by atoms with Gasteiger partial charge in [-0.05, 0) is 12.1 Å². The van der Waals surface area contributed by atoms with Crippen molar-refractivity contribution < 1.29 is 13.2 Å². The molecule has 0 bridgehead atoms. The minimum Gasteiger partial charge on any atom is -0.311 e. The summed E-state index contributed by atoms with van der Waals surface area (Å²) in [5.41, 5.74) is 0.410. The molecule has 0 saturated carbocycles. The normalized spacial score (nSPS) is 20.5. The van der Waals surface area contributed by atoms with E-state index in [2.05, 4.69) is 4.98 Å². The summed E-state index contributed by atoms with van der Waals surface area (Å²) in [5.74, 6) is -0.345. The number of hydrogen-bond acceptors (Lipinski definition) is 4. The summed E-state index contributed by atoms with van der Waals surface area (Å²) in [6.07, 6.45) is -0.149. The Morgan fingerprint density at radius 3 is 2.28 bits per heavy atom. The molecule has 2 heterocycles. The lowest BCUT2D eigenvalue weighted by Crippen LogP contribution is -2.26. The van der Waals surface area contributed by atoms with Gasteiger partial charge in [0, 0.05) is 29.3 Å². The lowest BCUT2D eigenvalue weighted by molar-refractivity contribution is -0.117. The van der Waals surface area contributed by atoms with Gasteiger partial charge < -0.3 is 4.90 Å². The third-order valence-electron chi connectivity index (χ3n) is 2.55. The van der Waals surface area contributed by atoms with Gasteiger partial charge in [0.15, 0.2) is 0 Å². The minimum absolute atomic E-state index is 0.0126. The average molecular weight is 330 g/mol. The van der Waals surface area contributed by atoms with Crippen LogP contribution in [0.4, 0.5) is 5.69 Å². The molecule has 1 unspecified atom stereocenters. The van der Waals surface area contributed by atoms with E-state index in [1.165, 1.54) is 17.0 Å². The molecule has 0 N–H and O–H groups in total. The van der Waals surface area contributed by atoms with E-state index in [1.807, 2.05) is 0 Å². The van der Waals surface area contributed by atoms with E-state index in [9.17, 15) is 13.2 Å². The fourth-order valence-corrected chi connectivity index (χ4v) is 3.20. The number of aromatic nitrogens is 1. The molecule has 5 nitrogen and oxygen atoms in total. The van der Waals surface area contributed by atoms with E-state index in [0.29, 0.717) is 5.69 Å². The van der Waals surface area contributed by atoms with Crippen LogP contribution in [0.15, 0.2) is 12.1 Å². The fourth-order valence-electron chi connectivity index (χ4n) is 1.72. The first kappa shape index (κ1) is 13.9. The third kappa shape index (κ3) is 2.88. The SMILES string of the molecule is O=C1CC(S(=O)(=O)Cl)CN1c1cc(Cl)nc(Cl)c1. The Balaban J connectivity index is 2.32. The van der Waals surface area contributed by atoms with Crippen LogP contribution in [0.25, 0.3) is 0 Å². The zero-order valence-electron chi connectivity index (χ0n) is 8.81. The van der Waals surface area contributed by atoms with Gasteiger partial charge in [-0.3, -0.25) is 4.79 Å². The van der Waals surface area contributed by atoms with E-state index in [-0.39, 0.29) is 29.2 Å². The molecule has 0 spiro atoms. The van der Waals surface area contributed by atoms with Crippen LogP contribution < -0.4 is 4.90 Å². The molecule has 0 aliphatic carbocycles. The third-order valence-corrected chi connectivity index (χ3v) is 4.80. The number of nitrogens with zero attached hydrogens (tertiary/aromatic N) is 2. The molecule has 2 rings (SSSR count). The highest BCUT2D eigenvalue weighted by Gasteiger charge is 2.38. The monoisotopic (exact) mass is 328 g/mol. The second kappa shape index (κ2) is 4.85. The van der Waals surface area contributed by atoms with E-state index < -0.39 is 14.3 Å². The lowest BCUT2D eigenvalue weighted by atomic mass is 10.3. The molecule has 1 atom stereocenters. The first-order valence-electron chi connectivity index (χ1n) is 4.84. The standard InChI is InChI=1S/C9H7Cl3N2O3S/c10-7-1-5(2-8(11)13-7)14-4-6(3-9(14)15)18(12,16)17/h1-2,6H,3-4H2. The van der Waals surface area contributed by atoms with Crippen LogP contribution >= 0.6 is 33.9 Å². The molecule has 1 saturated heterocycles. The van der Waals surface area contributed by atoms with Crippen LogP contribution in [0.1, 0.15) is 6.42 Å². The molecule has 1 aliphatic heterocycles. The van der Waals surface area contributed by atoms with E-state index >= 15 is 0 Å². The highest BCUT2D eigenvalue weighted by molar-refractivity contribution is 8.14. The van der Waals surface area contributed by atoms with Gasteiger partial charge in [-0.25, -0.2) is 13.4 Å². The van der Waals surface area contributed by atoms with Crippen LogP contribution in [0.5, 0.6) is 0 Å². The molecule has 1 amide bonds. The van der Waals surface area contributed by atoms with Crippen molar-refractivity contribution in [3.05, 3.63) is 22.4 Å². The van der Waals surface area contributed by atoms with Crippen LogP contribution in [-0.2, 0) is 13.8 Å². The number of rotatable bonds is 2. The first-order chi connectivity index (χ1) is 8.27. The Morgan fingerprint density at radius 2 is 1.83 bits per heavy atom. The van der Waals surface area contributed by atoms with E-state index in [4.69, 9.17) is 33.9 Å². The summed E-state index contributed by atoms with van der Waals surface area (Å²) in [4.78, 5) is 16.8. The van der Waals surface area contributed by atoms with Gasteiger partial charge in [-0.15, -0.1) is 0 Å². The van der Waals surface area contributed by atoms with Crippen molar-refractivity contribution in [2.45, 2.75) is 11.7 Å². The van der Waals surface area contributed by atoms with Gasteiger partial charge in [-0.1, -0.05) is 23.2 Å². The Kier molecular flexibility index (Phi) is 3.73. The van der Waals surface area contributed by atoms with Crippen molar-refractivity contribution in [2.75, 3.05) is 11.4 Å². The van der Waals surface area contributed by atoms with Gasteiger partial charge >= 0.3 is 0 Å². The zero-order chi connectivity index (χ0) is 13.5. The Hall–Kier alpha value is -0.560. The largest absolute Gasteiger partial charge is 0.311 e. The molecular formula is C9H7Cl3N2O3S. The Morgan fingerprint density at radius 1 is 1.28 bits per heavy atom. The van der Waals surface area contributed by atoms with Crippen molar-refractivity contribution >= 4 is 54.5 Å². The van der Waals surface area contributed by atoms with Crippen LogP contribution in [0, 0.1) is 0 Å². The summed E-state index contributed by atoms with van der Waals surface area (Å²) in [5, 5.41) is -0.664. The average Bonchev–Trinajstić information content (AvgIpc) is 2.58. The number of hydrogen-bond donors (Lipinski definition) is 0. The highest BCUT2D eigenvalue weighted by Crippen LogP contribution is 2.29. The minimum atomic E-state index is -3.77. The quantitative estimate of drug-likeness (QED) is 0.615. The van der Waals surface area contributed by atoms with Gasteiger partial charge in [0.1, 0.15) is 15.6 Å². The van der Waals surface area contributed by atoms with Crippen molar-refractivity contribution in [1.29, 1.82) is 0 Å². The molecule has 0 aromatic carbocycles. The summed E-state index contributed by atoms with van der Waals surface area (Å²) in [6.45, 7) is -0.0126. The molecule has 1 aromatic heterocycles. The van der Waals surface area contributed by atoms with Gasteiger partial charge in [0.05, 0.1) is 0 Å². The van der Waals surface area contributed by atoms with E-state index in [1.54, 1.807) is 0 Å². The van der Waals surface area contributed by atoms with Crippen LogP contribution in [0.3, 0.4) is 0 Å². The number of carbonyl (C=O) groups excluding carboxylic acids is 1. The number of amides is 1. The maximum atomic E-state index is 11.8. The number of halogens is 3. The smallest absolute Gasteiger partial charge is 0.237 e. The molecular weight excluding hydrogens is 323 g/mol. The van der Waals surface area contributed by atoms with Gasteiger partial charge in [0.2, 0.25) is 15.0 Å². The molecule has 0 radical (unpaired) electrons. The van der Waals surface area contributed by atoms with Crippen molar-refractivity contribution in [1.82, 2.24) is 4.98 Å². The Bertz CT molecular complexity index is 585. The molecule has 1 fully saturated rings. The predicted molar refractivity (Wildman–Crippen MR) is 69.8 cm³/mol. The molecule has 1 aliphatic rings. The van der Waals surface area contributed by atoms with Crippen molar-refractivity contribution in [3.63, 3.8) is 0 Å². The molecule has 18 heavy (non-hydrogen) atoms. The highest BCUT2D eigenvalue weighted by atomic mass is 35.7. The number of carbonyl (C=O) groups is 1. The summed E-state index contributed by atoms with van der Waals surface area (Å²) in [7, 11) is 1.48. The summed E-state index contributed by atoms with van der Waals surface area (Å²) in [6, 6.07) is 2.88. The maximum Gasteiger partial charge on any atom is 0.237 e. The zero-order valence-corrected chi connectivity index (χ0v) is 11.9. The first-order valence-corrected chi connectivity index (χ1v) is 7.97. The molecule has 9 heteroatoms. The Labute approximate surface area is 118 Å². The van der Waals surface area contributed by atoms with Gasteiger partial charge in [-0.2, -0.15) is 0 Å². The molecule has 98 valence electrons. The topological polar surface area (TPSA) is 67.3 Å². The maximum absolute atomic E-state index is 11.8. The number of anilines is 1. The predicted octanol–water partition coefficient (Wildman–Crippen LogP) is 2.06. The van der Waals surface area contributed by atoms with Crippen LogP contribution in [-0.4, -0.2) is 31.1 Å². The van der Waals surface area contributed by atoms with Crippen molar-refractivity contribution in [3.8, 4) is 0 Å². The van der Waals surface area contributed by atoms with Crippen molar-refractivity contribution in [2.24, 2.45) is 0 Å². The fraction of sp³-hybridized carbons (Fsp3) is 0.333. The summed E-state index contributed by atoms with van der Waals surface area (Å²) >= 11 is 11.4. The molecule has 1 aromatic rings. The second-order valence-corrected chi connectivity index (χ2v) is 7.46.